The van der Waals surface area contributed by atoms with Gasteiger partial charge in [-0.3, -0.25) is 9.71 Å². The van der Waals surface area contributed by atoms with Gasteiger partial charge in [-0.25, -0.2) is 8.42 Å². The van der Waals surface area contributed by atoms with Gasteiger partial charge >= 0.3 is 0 Å². The normalized spacial score (nSPS) is 11.4. The minimum absolute atomic E-state index is 0.141. The molecule has 0 radical (unpaired) electrons. The van der Waals surface area contributed by atoms with Gasteiger partial charge in [0.1, 0.15) is 0 Å². The molecule has 0 unspecified atom stereocenters. The van der Waals surface area contributed by atoms with Gasteiger partial charge in [0, 0.05) is 5.69 Å². The molecule has 96 valence electrons. The lowest BCUT2D eigenvalue weighted by Crippen LogP contribution is -2.18. The van der Waals surface area contributed by atoms with Crippen molar-refractivity contribution in [2.75, 3.05) is 24.1 Å². The zero-order valence-electron chi connectivity index (χ0n) is 10.2. The van der Waals surface area contributed by atoms with Gasteiger partial charge in [-0.15, -0.1) is 0 Å². The van der Waals surface area contributed by atoms with Gasteiger partial charge in [0.05, 0.1) is 17.6 Å². The van der Waals surface area contributed by atoms with Crippen molar-refractivity contribution in [1.82, 2.24) is 10.3 Å². The molecule has 0 aliphatic heterocycles. The van der Waals surface area contributed by atoms with Gasteiger partial charge in [-0.2, -0.15) is 0 Å². The van der Waals surface area contributed by atoms with Gasteiger partial charge < -0.3 is 5.32 Å². The Morgan fingerprint density at radius 3 is 2.65 bits per heavy atom. The van der Waals surface area contributed by atoms with Crippen molar-refractivity contribution >= 4 is 15.7 Å². The van der Waals surface area contributed by atoms with Crippen molar-refractivity contribution in [2.24, 2.45) is 0 Å². The predicted molar refractivity (Wildman–Crippen MR) is 69.5 cm³/mol. The van der Waals surface area contributed by atoms with Crippen molar-refractivity contribution in [3.05, 3.63) is 24.0 Å². The molecule has 1 aromatic heterocycles. The van der Waals surface area contributed by atoms with Gasteiger partial charge in [0.15, 0.2) is 0 Å². The summed E-state index contributed by atoms with van der Waals surface area (Å²) in [6.07, 6.45) is 3.03. The molecule has 17 heavy (non-hydrogen) atoms. The van der Waals surface area contributed by atoms with E-state index in [2.05, 4.69) is 15.0 Å². The van der Waals surface area contributed by atoms with E-state index in [0.717, 1.165) is 18.7 Å². The molecule has 0 atom stereocenters. The summed E-state index contributed by atoms with van der Waals surface area (Å²) in [5.74, 6) is 0.141. The molecule has 1 rings (SSSR count). The second-order valence-electron chi connectivity index (χ2n) is 3.92. The summed E-state index contributed by atoms with van der Waals surface area (Å²) in [6.45, 7) is 2.69. The number of rotatable bonds is 7. The van der Waals surface area contributed by atoms with E-state index in [-0.39, 0.29) is 5.75 Å². The Labute approximate surface area is 103 Å². The number of hydrogen-bond donors (Lipinski definition) is 2. The van der Waals surface area contributed by atoms with Crippen molar-refractivity contribution in [1.29, 1.82) is 0 Å². The molecule has 0 aliphatic carbocycles. The van der Waals surface area contributed by atoms with Crippen molar-refractivity contribution in [3.8, 4) is 0 Å². The molecule has 0 aromatic carbocycles. The number of aromatic nitrogens is 1. The SMILES string of the molecule is CNCCCCS(=O)(=O)Nc1ccc(C)nc1. The van der Waals surface area contributed by atoms with Gasteiger partial charge in [0.2, 0.25) is 10.0 Å². The molecular formula is C11H19N3O2S. The van der Waals surface area contributed by atoms with Crippen LogP contribution in [-0.2, 0) is 10.0 Å². The molecule has 0 fully saturated rings. The third-order valence-corrected chi connectivity index (χ3v) is 3.65. The van der Waals surface area contributed by atoms with Crippen LogP contribution in [0.1, 0.15) is 18.5 Å². The summed E-state index contributed by atoms with van der Waals surface area (Å²) in [5, 5.41) is 2.98. The molecular weight excluding hydrogens is 238 g/mol. The van der Waals surface area contributed by atoms with E-state index in [4.69, 9.17) is 0 Å². The summed E-state index contributed by atoms with van der Waals surface area (Å²) < 4.78 is 25.9. The molecule has 5 nitrogen and oxygen atoms in total. The fourth-order valence-corrected chi connectivity index (χ4v) is 2.52. The summed E-state index contributed by atoms with van der Waals surface area (Å²) in [4.78, 5) is 4.04. The zero-order valence-corrected chi connectivity index (χ0v) is 11.0. The van der Waals surface area contributed by atoms with Crippen LogP contribution in [0.25, 0.3) is 0 Å². The lowest BCUT2D eigenvalue weighted by Gasteiger charge is -2.07. The highest BCUT2D eigenvalue weighted by Gasteiger charge is 2.09. The first-order chi connectivity index (χ1) is 8.03. The van der Waals surface area contributed by atoms with Crippen LogP contribution in [0.2, 0.25) is 0 Å². The number of nitrogens with one attached hydrogen (secondary N) is 2. The number of anilines is 1. The minimum atomic E-state index is -3.25. The molecule has 1 heterocycles. The van der Waals surface area contributed by atoms with Crippen LogP contribution in [0.15, 0.2) is 18.3 Å². The first-order valence-electron chi connectivity index (χ1n) is 5.61. The van der Waals surface area contributed by atoms with E-state index in [1.54, 1.807) is 12.1 Å². The Balaban J connectivity index is 2.46. The Bertz CT molecular complexity index is 429. The highest BCUT2D eigenvalue weighted by Crippen LogP contribution is 2.09. The van der Waals surface area contributed by atoms with E-state index in [9.17, 15) is 8.42 Å². The lowest BCUT2D eigenvalue weighted by atomic mass is 10.3. The van der Waals surface area contributed by atoms with Crippen molar-refractivity contribution in [3.63, 3.8) is 0 Å². The highest BCUT2D eigenvalue weighted by atomic mass is 32.2. The smallest absolute Gasteiger partial charge is 0.232 e. The quantitative estimate of drug-likeness (QED) is 0.718. The third-order valence-electron chi connectivity index (χ3n) is 2.27. The fraction of sp³-hybridized carbons (Fsp3) is 0.545. The maximum Gasteiger partial charge on any atom is 0.232 e. The number of hydrogen-bond acceptors (Lipinski definition) is 4. The summed E-state index contributed by atoms with van der Waals surface area (Å²) in [7, 11) is -1.39. The molecule has 6 heteroatoms. The van der Waals surface area contributed by atoms with Crippen LogP contribution in [0, 0.1) is 6.92 Å². The minimum Gasteiger partial charge on any atom is -0.320 e. The molecule has 1 aromatic rings. The van der Waals surface area contributed by atoms with E-state index >= 15 is 0 Å². The van der Waals surface area contributed by atoms with Crippen molar-refractivity contribution < 1.29 is 8.42 Å². The van der Waals surface area contributed by atoms with Crippen LogP contribution >= 0.6 is 0 Å². The molecule has 0 saturated heterocycles. The molecule has 0 spiro atoms. The van der Waals surface area contributed by atoms with Crippen LogP contribution in [0.3, 0.4) is 0 Å². The largest absolute Gasteiger partial charge is 0.320 e. The Morgan fingerprint density at radius 1 is 1.29 bits per heavy atom. The van der Waals surface area contributed by atoms with Gasteiger partial charge in [-0.05, 0) is 45.5 Å². The number of pyridine rings is 1. The van der Waals surface area contributed by atoms with Gasteiger partial charge in [0.25, 0.3) is 0 Å². The Morgan fingerprint density at radius 2 is 2.06 bits per heavy atom. The average molecular weight is 257 g/mol. The molecule has 2 N–H and O–H groups in total. The average Bonchev–Trinajstić information content (AvgIpc) is 2.27. The first-order valence-corrected chi connectivity index (χ1v) is 7.26. The van der Waals surface area contributed by atoms with E-state index in [0.29, 0.717) is 12.1 Å². The number of nitrogens with zero attached hydrogens (tertiary/aromatic N) is 1. The standard InChI is InChI=1S/C11H19N3O2S/c1-10-5-6-11(9-13-10)14-17(15,16)8-4-3-7-12-2/h5-6,9,12,14H,3-4,7-8H2,1-2H3. The van der Waals surface area contributed by atoms with Crippen LogP contribution in [-0.4, -0.2) is 32.7 Å². The van der Waals surface area contributed by atoms with Gasteiger partial charge in [-0.1, -0.05) is 0 Å². The fourth-order valence-electron chi connectivity index (χ4n) is 1.35. The van der Waals surface area contributed by atoms with E-state index < -0.39 is 10.0 Å². The Kier molecular flexibility index (Phi) is 5.37. The Hall–Kier alpha value is -1.14. The zero-order chi connectivity index (χ0) is 12.7. The monoisotopic (exact) mass is 257 g/mol. The van der Waals surface area contributed by atoms with Crippen LogP contribution in [0.5, 0.6) is 0 Å². The summed E-state index contributed by atoms with van der Waals surface area (Å²) in [6, 6.07) is 3.49. The second-order valence-corrected chi connectivity index (χ2v) is 5.76. The van der Waals surface area contributed by atoms with E-state index in [1.807, 2.05) is 14.0 Å². The molecule has 0 amide bonds. The second kappa shape index (κ2) is 6.56. The van der Waals surface area contributed by atoms with Crippen LogP contribution < -0.4 is 10.0 Å². The summed E-state index contributed by atoms with van der Waals surface area (Å²) >= 11 is 0. The lowest BCUT2D eigenvalue weighted by molar-refractivity contribution is 0.595. The maximum atomic E-state index is 11.7. The molecule has 0 aliphatic rings. The van der Waals surface area contributed by atoms with Crippen molar-refractivity contribution in [2.45, 2.75) is 19.8 Å². The predicted octanol–water partition coefficient (Wildman–Crippen LogP) is 1.13. The van der Waals surface area contributed by atoms with Crippen LogP contribution in [0.4, 0.5) is 5.69 Å². The first kappa shape index (κ1) is 13.9. The highest BCUT2D eigenvalue weighted by molar-refractivity contribution is 7.92. The summed E-state index contributed by atoms with van der Waals surface area (Å²) in [5.41, 5.74) is 1.38. The maximum absolute atomic E-state index is 11.7. The topological polar surface area (TPSA) is 71.1 Å². The van der Waals surface area contributed by atoms with E-state index in [1.165, 1.54) is 6.20 Å². The third kappa shape index (κ3) is 5.65. The number of aryl methyl sites for hydroxylation is 1. The number of sulfonamides is 1. The molecule has 0 saturated carbocycles. The number of unbranched alkanes of at least 4 members (excludes halogenated alkanes) is 1. The molecule has 0 bridgehead atoms.